The first kappa shape index (κ1) is 20.4. The van der Waals surface area contributed by atoms with E-state index in [1.54, 1.807) is 7.11 Å². The van der Waals surface area contributed by atoms with Crippen LogP contribution in [-0.4, -0.2) is 13.7 Å². The highest BCUT2D eigenvalue weighted by Crippen LogP contribution is 2.33. The number of hydrogen-bond acceptors (Lipinski definition) is 2. The van der Waals surface area contributed by atoms with Crippen LogP contribution in [0.15, 0.2) is 48.5 Å². The van der Waals surface area contributed by atoms with E-state index in [9.17, 15) is 0 Å². The molecule has 0 saturated carbocycles. The molecule has 0 N–H and O–H groups in total. The van der Waals surface area contributed by atoms with Crippen molar-refractivity contribution in [2.75, 3.05) is 13.7 Å². The van der Waals surface area contributed by atoms with E-state index < -0.39 is 0 Å². The van der Waals surface area contributed by atoms with Gasteiger partial charge in [0.25, 0.3) is 0 Å². The molecule has 0 unspecified atom stereocenters. The molecule has 0 aliphatic heterocycles. The summed E-state index contributed by atoms with van der Waals surface area (Å²) in [6, 6.07) is 16.9. The van der Waals surface area contributed by atoms with Gasteiger partial charge < -0.3 is 9.47 Å². The Morgan fingerprint density at radius 2 is 1.19 bits per heavy atom. The lowest BCUT2D eigenvalue weighted by molar-refractivity contribution is 0.304. The molecule has 142 valence electrons. The van der Waals surface area contributed by atoms with Crippen molar-refractivity contribution in [3.8, 4) is 11.5 Å². The van der Waals surface area contributed by atoms with Gasteiger partial charge in [0.05, 0.1) is 13.7 Å². The number of unbranched alkanes of at least 4 members (excludes halogenated alkanes) is 5. The monoisotopic (exact) mass is 354 g/mol. The van der Waals surface area contributed by atoms with Gasteiger partial charge in [0.1, 0.15) is 11.5 Å². The Balaban J connectivity index is 1.87. The first-order chi connectivity index (χ1) is 12.6. The van der Waals surface area contributed by atoms with Gasteiger partial charge in [0, 0.05) is 5.41 Å². The molecule has 0 amide bonds. The van der Waals surface area contributed by atoms with E-state index in [2.05, 4.69) is 57.2 Å². The van der Waals surface area contributed by atoms with Gasteiger partial charge in [0.15, 0.2) is 0 Å². The average molecular weight is 355 g/mol. The largest absolute Gasteiger partial charge is 0.497 e. The van der Waals surface area contributed by atoms with Crippen LogP contribution in [0.5, 0.6) is 11.5 Å². The zero-order valence-corrected chi connectivity index (χ0v) is 16.9. The van der Waals surface area contributed by atoms with Gasteiger partial charge in [-0.05, 0) is 41.8 Å². The number of rotatable bonds is 11. The normalized spacial score (nSPS) is 11.4. The lowest BCUT2D eigenvalue weighted by Gasteiger charge is -2.26. The van der Waals surface area contributed by atoms with Crippen LogP contribution >= 0.6 is 0 Å². The predicted octanol–water partition coefficient (Wildman–Crippen LogP) is 6.76. The van der Waals surface area contributed by atoms with Gasteiger partial charge in [-0.3, -0.25) is 0 Å². The van der Waals surface area contributed by atoms with Crippen molar-refractivity contribution in [1.82, 2.24) is 0 Å². The maximum absolute atomic E-state index is 5.90. The molecule has 0 atom stereocenters. The molecule has 0 spiro atoms. The van der Waals surface area contributed by atoms with Crippen LogP contribution < -0.4 is 9.47 Å². The van der Waals surface area contributed by atoms with Gasteiger partial charge in [-0.25, -0.2) is 0 Å². The Labute approximate surface area is 159 Å². The van der Waals surface area contributed by atoms with Crippen molar-refractivity contribution in [2.45, 2.75) is 64.7 Å². The van der Waals surface area contributed by atoms with E-state index in [0.717, 1.165) is 24.5 Å². The molecule has 26 heavy (non-hydrogen) atoms. The van der Waals surface area contributed by atoms with E-state index in [4.69, 9.17) is 9.47 Å². The predicted molar refractivity (Wildman–Crippen MR) is 110 cm³/mol. The van der Waals surface area contributed by atoms with Gasteiger partial charge in [-0.1, -0.05) is 77.1 Å². The smallest absolute Gasteiger partial charge is 0.119 e. The molecule has 0 bridgehead atoms. The number of methoxy groups -OCH3 is 1. The van der Waals surface area contributed by atoms with Gasteiger partial charge in [-0.15, -0.1) is 0 Å². The Bertz CT molecular complexity index is 626. The lowest BCUT2D eigenvalue weighted by atomic mass is 9.78. The van der Waals surface area contributed by atoms with Gasteiger partial charge >= 0.3 is 0 Å². The van der Waals surface area contributed by atoms with E-state index >= 15 is 0 Å². The van der Waals surface area contributed by atoms with Gasteiger partial charge in [-0.2, -0.15) is 0 Å². The molecule has 0 fully saturated rings. The molecule has 0 heterocycles. The van der Waals surface area contributed by atoms with Crippen molar-refractivity contribution in [3.05, 3.63) is 59.7 Å². The van der Waals surface area contributed by atoms with Crippen LogP contribution in [0.4, 0.5) is 0 Å². The fraction of sp³-hybridized carbons (Fsp3) is 0.500. The zero-order chi connectivity index (χ0) is 18.8. The molecule has 2 aromatic rings. The molecule has 0 aliphatic carbocycles. The van der Waals surface area contributed by atoms with E-state index in [1.807, 2.05) is 12.1 Å². The third-order valence-electron chi connectivity index (χ3n) is 5.15. The maximum atomic E-state index is 5.90. The van der Waals surface area contributed by atoms with Crippen LogP contribution in [0, 0.1) is 0 Å². The molecule has 0 aromatic heterocycles. The standard InChI is InChI=1S/C24H34O2/c1-5-6-7-8-9-10-19-26-23-17-13-21(14-18-23)24(2,3)20-11-15-22(25-4)16-12-20/h11-18H,5-10,19H2,1-4H3. The van der Waals surface area contributed by atoms with Crippen LogP contribution in [0.25, 0.3) is 0 Å². The summed E-state index contributed by atoms with van der Waals surface area (Å²) in [4.78, 5) is 0. The topological polar surface area (TPSA) is 18.5 Å². The highest BCUT2D eigenvalue weighted by molar-refractivity contribution is 5.41. The quantitative estimate of drug-likeness (QED) is 0.415. The second kappa shape index (κ2) is 10.3. The molecule has 0 aliphatic rings. The van der Waals surface area contributed by atoms with Crippen molar-refractivity contribution in [3.63, 3.8) is 0 Å². The zero-order valence-electron chi connectivity index (χ0n) is 16.9. The minimum absolute atomic E-state index is 0.0515. The Morgan fingerprint density at radius 1 is 0.692 bits per heavy atom. The summed E-state index contributed by atoms with van der Waals surface area (Å²) in [5.74, 6) is 1.86. The highest BCUT2D eigenvalue weighted by atomic mass is 16.5. The summed E-state index contributed by atoms with van der Waals surface area (Å²) in [5, 5.41) is 0. The molecule has 2 aromatic carbocycles. The van der Waals surface area contributed by atoms with Crippen LogP contribution in [0.3, 0.4) is 0 Å². The molecule has 2 heteroatoms. The maximum Gasteiger partial charge on any atom is 0.119 e. The fourth-order valence-corrected chi connectivity index (χ4v) is 3.21. The molecule has 0 saturated heterocycles. The van der Waals surface area contributed by atoms with E-state index in [-0.39, 0.29) is 5.41 Å². The van der Waals surface area contributed by atoms with E-state index in [0.29, 0.717) is 0 Å². The van der Waals surface area contributed by atoms with Crippen LogP contribution in [0.2, 0.25) is 0 Å². The third-order valence-corrected chi connectivity index (χ3v) is 5.15. The third kappa shape index (κ3) is 5.79. The first-order valence-corrected chi connectivity index (χ1v) is 9.96. The van der Waals surface area contributed by atoms with Crippen molar-refractivity contribution in [1.29, 1.82) is 0 Å². The Morgan fingerprint density at radius 3 is 1.73 bits per heavy atom. The fourth-order valence-electron chi connectivity index (χ4n) is 3.21. The van der Waals surface area contributed by atoms with Crippen molar-refractivity contribution < 1.29 is 9.47 Å². The van der Waals surface area contributed by atoms with Crippen molar-refractivity contribution in [2.24, 2.45) is 0 Å². The Kier molecular flexibility index (Phi) is 8.03. The van der Waals surface area contributed by atoms with Crippen LogP contribution in [-0.2, 0) is 5.41 Å². The molecule has 2 nitrogen and oxygen atoms in total. The summed E-state index contributed by atoms with van der Waals surface area (Å²) < 4.78 is 11.2. The minimum atomic E-state index is -0.0515. The minimum Gasteiger partial charge on any atom is -0.497 e. The van der Waals surface area contributed by atoms with Gasteiger partial charge in [0.2, 0.25) is 0 Å². The molecule has 0 radical (unpaired) electrons. The SMILES string of the molecule is CCCCCCCCOc1ccc(C(C)(C)c2ccc(OC)cc2)cc1. The number of benzene rings is 2. The van der Waals surface area contributed by atoms with Crippen LogP contribution in [0.1, 0.15) is 70.4 Å². The molecular formula is C24H34O2. The summed E-state index contributed by atoms with van der Waals surface area (Å²) in [6.45, 7) is 7.57. The Hall–Kier alpha value is -1.96. The lowest BCUT2D eigenvalue weighted by Crippen LogP contribution is -2.18. The number of hydrogen-bond donors (Lipinski definition) is 0. The second-order valence-electron chi connectivity index (χ2n) is 7.49. The molecular weight excluding hydrogens is 320 g/mol. The average Bonchev–Trinajstić information content (AvgIpc) is 2.67. The highest BCUT2D eigenvalue weighted by Gasteiger charge is 2.23. The number of ether oxygens (including phenoxy) is 2. The van der Waals surface area contributed by atoms with Crippen molar-refractivity contribution >= 4 is 0 Å². The first-order valence-electron chi connectivity index (χ1n) is 9.96. The summed E-state index contributed by atoms with van der Waals surface area (Å²) in [5.41, 5.74) is 2.51. The second-order valence-corrected chi connectivity index (χ2v) is 7.49. The van der Waals surface area contributed by atoms with E-state index in [1.165, 1.54) is 43.2 Å². The summed E-state index contributed by atoms with van der Waals surface area (Å²) in [7, 11) is 1.70. The summed E-state index contributed by atoms with van der Waals surface area (Å²) >= 11 is 0. The molecule has 2 rings (SSSR count). The summed E-state index contributed by atoms with van der Waals surface area (Å²) in [6.07, 6.45) is 7.74.